The normalized spacial score (nSPS) is 11.5. The van der Waals surface area contributed by atoms with Gasteiger partial charge in [0.15, 0.2) is 0 Å². The Labute approximate surface area is 240 Å². The van der Waals surface area contributed by atoms with Crippen LogP contribution >= 0.6 is 0 Å². The van der Waals surface area contributed by atoms with E-state index in [1.54, 1.807) is 24.3 Å². The lowest BCUT2D eigenvalue weighted by Gasteiger charge is -2.09. The lowest BCUT2D eigenvalue weighted by Crippen LogP contribution is -2.15. The second-order valence-corrected chi connectivity index (χ2v) is 9.98. The molecular weight excluding hydrogens is 562 g/mol. The van der Waals surface area contributed by atoms with Gasteiger partial charge in [0.2, 0.25) is 0 Å². The summed E-state index contributed by atoms with van der Waals surface area (Å²) in [6, 6.07) is 12.3. The number of hydrogen-bond acceptors (Lipinski definition) is 12. The molecule has 13 nitrogen and oxygen atoms in total. The Bertz CT molecular complexity index is 1060. The van der Waals surface area contributed by atoms with Crippen molar-refractivity contribution in [2.45, 2.75) is 11.8 Å². The standard InChI is InChI=1S/C27H39NO12S/c1-24-2-8-27(9-3-24)41(31,32)40-23-21-38-19-17-36-15-13-34-11-10-33-12-14-35-16-18-37-20-22-39-26-6-4-25(5-7-26)28(29)30/h2-9H,10-23H2,1H3. The van der Waals surface area contributed by atoms with Crippen LogP contribution in [0.3, 0.4) is 0 Å². The monoisotopic (exact) mass is 601 g/mol. The zero-order valence-corrected chi connectivity index (χ0v) is 24.1. The number of benzene rings is 2. The predicted octanol–water partition coefficient (Wildman–Crippen LogP) is 2.79. The Morgan fingerprint density at radius 1 is 0.585 bits per heavy atom. The van der Waals surface area contributed by atoms with Crippen LogP contribution in [0, 0.1) is 17.0 Å². The van der Waals surface area contributed by atoms with Crippen LogP contribution in [0.2, 0.25) is 0 Å². The van der Waals surface area contributed by atoms with Crippen molar-refractivity contribution in [3.05, 3.63) is 64.2 Å². The third-order valence-corrected chi connectivity index (χ3v) is 6.51. The first-order valence-corrected chi connectivity index (χ1v) is 14.6. The molecule has 41 heavy (non-hydrogen) atoms. The summed E-state index contributed by atoms with van der Waals surface area (Å²) in [5.74, 6) is 0.545. The second kappa shape index (κ2) is 21.1. The number of nitrogens with zero attached hydrogens (tertiary/aromatic N) is 1. The van der Waals surface area contributed by atoms with E-state index in [0.717, 1.165) is 5.56 Å². The van der Waals surface area contributed by atoms with E-state index in [-0.39, 0.29) is 23.8 Å². The third-order valence-electron chi connectivity index (χ3n) is 5.18. The molecule has 0 spiro atoms. The Hall–Kier alpha value is -2.69. The molecule has 0 amide bonds. The van der Waals surface area contributed by atoms with Crippen molar-refractivity contribution in [2.24, 2.45) is 0 Å². The van der Waals surface area contributed by atoms with Crippen LogP contribution in [0.1, 0.15) is 5.56 Å². The van der Waals surface area contributed by atoms with Gasteiger partial charge in [-0.2, -0.15) is 8.42 Å². The van der Waals surface area contributed by atoms with Gasteiger partial charge in [-0.15, -0.1) is 0 Å². The first-order valence-electron chi connectivity index (χ1n) is 13.2. The molecule has 0 aliphatic rings. The van der Waals surface area contributed by atoms with Crippen LogP contribution in [-0.4, -0.2) is 106 Å². The molecule has 0 heterocycles. The van der Waals surface area contributed by atoms with Gasteiger partial charge in [-0.05, 0) is 31.2 Å². The van der Waals surface area contributed by atoms with Crippen molar-refractivity contribution < 1.29 is 50.7 Å². The average molecular weight is 602 g/mol. The highest BCUT2D eigenvalue weighted by atomic mass is 32.2. The van der Waals surface area contributed by atoms with Crippen LogP contribution in [0.25, 0.3) is 0 Å². The Balaban J connectivity index is 1.26. The molecule has 0 N–H and O–H groups in total. The molecule has 0 saturated heterocycles. The van der Waals surface area contributed by atoms with Crippen molar-refractivity contribution in [1.29, 1.82) is 0 Å². The maximum Gasteiger partial charge on any atom is 0.297 e. The van der Waals surface area contributed by atoms with Crippen LogP contribution < -0.4 is 4.74 Å². The van der Waals surface area contributed by atoms with Gasteiger partial charge in [-0.1, -0.05) is 17.7 Å². The van der Waals surface area contributed by atoms with Gasteiger partial charge in [0.1, 0.15) is 12.4 Å². The number of rotatable bonds is 25. The molecule has 0 aliphatic carbocycles. The maximum atomic E-state index is 12.0. The van der Waals surface area contributed by atoms with Gasteiger partial charge in [-0.25, -0.2) is 0 Å². The van der Waals surface area contributed by atoms with Gasteiger partial charge in [0.05, 0.1) is 95.7 Å². The highest BCUT2D eigenvalue weighted by Crippen LogP contribution is 2.17. The van der Waals surface area contributed by atoms with Crippen molar-refractivity contribution in [3.8, 4) is 5.75 Å². The molecule has 14 heteroatoms. The molecule has 2 aromatic rings. The smallest absolute Gasteiger partial charge is 0.297 e. The molecule has 2 rings (SSSR count). The first kappa shape index (κ1) is 34.5. The number of nitro benzene ring substituents is 1. The number of hydrogen-bond donors (Lipinski definition) is 0. The topological polar surface area (TPSA) is 151 Å². The molecule has 0 saturated carbocycles. The lowest BCUT2D eigenvalue weighted by atomic mass is 10.2. The van der Waals surface area contributed by atoms with E-state index in [1.165, 1.54) is 24.3 Å². The quantitative estimate of drug-likeness (QED) is 0.0712. The maximum absolute atomic E-state index is 12.0. The molecule has 0 unspecified atom stereocenters. The van der Waals surface area contributed by atoms with E-state index in [2.05, 4.69) is 0 Å². The molecule has 230 valence electrons. The number of nitro groups is 1. The highest BCUT2D eigenvalue weighted by Gasteiger charge is 2.14. The summed E-state index contributed by atoms with van der Waals surface area (Å²) in [4.78, 5) is 10.3. The minimum atomic E-state index is -3.78. The zero-order valence-electron chi connectivity index (χ0n) is 23.3. The number of ether oxygens (including phenoxy) is 7. The lowest BCUT2D eigenvalue weighted by molar-refractivity contribution is -0.384. The Morgan fingerprint density at radius 3 is 1.39 bits per heavy atom. The van der Waals surface area contributed by atoms with E-state index in [9.17, 15) is 18.5 Å². The van der Waals surface area contributed by atoms with Crippen molar-refractivity contribution >= 4 is 15.8 Å². The average Bonchev–Trinajstić information content (AvgIpc) is 2.96. The van der Waals surface area contributed by atoms with Crippen LogP contribution in [0.15, 0.2) is 53.4 Å². The zero-order chi connectivity index (χ0) is 29.6. The number of non-ortho nitro benzene ring substituents is 1. The fourth-order valence-corrected chi connectivity index (χ4v) is 3.95. The van der Waals surface area contributed by atoms with Gasteiger partial charge >= 0.3 is 0 Å². The summed E-state index contributed by atoms with van der Waals surface area (Å²) < 4.78 is 66.9. The molecule has 0 fully saturated rings. The number of aryl methyl sites for hydroxylation is 1. The minimum Gasteiger partial charge on any atom is -0.491 e. The Kier molecular flexibility index (Phi) is 17.7. The molecule has 0 aliphatic heterocycles. The minimum absolute atomic E-state index is 0.0169. The van der Waals surface area contributed by atoms with Gasteiger partial charge in [-0.3, -0.25) is 14.3 Å². The SMILES string of the molecule is Cc1ccc(S(=O)(=O)OCCOCCOCCOCCOCCOCCOCCOc2ccc([N+](=O)[O-])cc2)cc1. The molecule has 0 atom stereocenters. The summed E-state index contributed by atoms with van der Waals surface area (Å²) in [6.45, 7) is 6.76. The van der Waals surface area contributed by atoms with Gasteiger partial charge < -0.3 is 33.2 Å². The molecule has 0 radical (unpaired) electrons. The van der Waals surface area contributed by atoms with E-state index < -0.39 is 15.0 Å². The van der Waals surface area contributed by atoms with Crippen LogP contribution in [0.5, 0.6) is 5.75 Å². The van der Waals surface area contributed by atoms with Crippen molar-refractivity contribution in [1.82, 2.24) is 0 Å². The second-order valence-electron chi connectivity index (χ2n) is 8.36. The summed E-state index contributed by atoms with van der Waals surface area (Å²) in [7, 11) is -3.78. The third kappa shape index (κ3) is 16.4. The fraction of sp³-hybridized carbons (Fsp3) is 0.556. The molecule has 0 bridgehead atoms. The van der Waals surface area contributed by atoms with Gasteiger partial charge in [0, 0.05) is 12.1 Å². The summed E-state index contributed by atoms with van der Waals surface area (Å²) in [5.41, 5.74) is 0.986. The summed E-state index contributed by atoms with van der Waals surface area (Å²) in [5, 5.41) is 10.6. The van der Waals surface area contributed by atoms with E-state index >= 15 is 0 Å². The van der Waals surface area contributed by atoms with E-state index in [4.69, 9.17) is 37.3 Å². The van der Waals surface area contributed by atoms with Crippen LogP contribution in [0.4, 0.5) is 5.69 Å². The summed E-state index contributed by atoms with van der Waals surface area (Å²) >= 11 is 0. The molecular formula is C27H39NO12S. The largest absolute Gasteiger partial charge is 0.491 e. The highest BCUT2D eigenvalue weighted by molar-refractivity contribution is 7.86. The van der Waals surface area contributed by atoms with E-state index in [0.29, 0.717) is 85.0 Å². The van der Waals surface area contributed by atoms with Crippen molar-refractivity contribution in [3.63, 3.8) is 0 Å². The Morgan fingerprint density at radius 2 is 0.976 bits per heavy atom. The van der Waals surface area contributed by atoms with E-state index in [1.807, 2.05) is 6.92 Å². The molecule has 0 aromatic heterocycles. The van der Waals surface area contributed by atoms with Crippen molar-refractivity contribution in [2.75, 3.05) is 92.5 Å². The fourth-order valence-electron chi connectivity index (χ4n) is 3.06. The first-order chi connectivity index (χ1) is 19.9. The van der Waals surface area contributed by atoms with Crippen LogP contribution in [-0.2, 0) is 42.7 Å². The predicted molar refractivity (Wildman–Crippen MR) is 148 cm³/mol. The van der Waals surface area contributed by atoms with Gasteiger partial charge in [0.25, 0.3) is 15.8 Å². The summed E-state index contributed by atoms with van der Waals surface area (Å²) in [6.07, 6.45) is 0. The molecule has 2 aromatic carbocycles.